The fourth-order valence-corrected chi connectivity index (χ4v) is 3.10. The number of allylic oxidation sites excluding steroid dienone is 1. The van der Waals surface area contributed by atoms with Crippen LogP contribution in [0.25, 0.3) is 12.2 Å². The van der Waals surface area contributed by atoms with Crippen molar-refractivity contribution in [2.45, 2.75) is 0 Å². The monoisotopic (exact) mass is 413 g/mol. The summed E-state index contributed by atoms with van der Waals surface area (Å²) in [5, 5.41) is 1.86. The maximum atomic E-state index is 12.1. The van der Waals surface area contributed by atoms with E-state index in [1.165, 1.54) is 6.08 Å². The lowest BCUT2D eigenvalue weighted by molar-refractivity contribution is -0.115. The van der Waals surface area contributed by atoms with Crippen molar-refractivity contribution in [1.29, 1.82) is 0 Å². The van der Waals surface area contributed by atoms with Gasteiger partial charge in [-0.3, -0.25) is 19.7 Å². The third-order valence-electron chi connectivity index (χ3n) is 3.43. The van der Waals surface area contributed by atoms with Gasteiger partial charge in [0.1, 0.15) is 0 Å². The van der Waals surface area contributed by atoms with Gasteiger partial charge < -0.3 is 0 Å². The van der Waals surface area contributed by atoms with Gasteiger partial charge in [0.2, 0.25) is 0 Å². The highest BCUT2D eigenvalue weighted by atomic mass is 79.9. The molecule has 1 aliphatic rings. The van der Waals surface area contributed by atoms with Gasteiger partial charge in [-0.15, -0.1) is 0 Å². The highest BCUT2D eigenvalue weighted by molar-refractivity contribution is 9.10. The Bertz CT molecular complexity index is 899. The highest BCUT2D eigenvalue weighted by Crippen LogP contribution is 2.25. The van der Waals surface area contributed by atoms with E-state index >= 15 is 0 Å². The van der Waals surface area contributed by atoms with Gasteiger partial charge in [0.05, 0.1) is 4.91 Å². The number of ketones is 1. The second-order valence-electron chi connectivity index (χ2n) is 5.22. The van der Waals surface area contributed by atoms with Gasteiger partial charge in [0.15, 0.2) is 5.78 Å². The Balaban J connectivity index is 1.69. The van der Waals surface area contributed by atoms with E-state index in [0.29, 0.717) is 10.5 Å². The normalized spacial score (nSPS) is 15.8. The van der Waals surface area contributed by atoms with Gasteiger partial charge in [-0.05, 0) is 59.3 Å². The molecule has 0 spiro atoms. The molecule has 25 heavy (non-hydrogen) atoms. The number of carbonyl (C=O) groups excluding carboxylic acids is 3. The number of thioether (sulfide) groups is 1. The third-order valence-corrected chi connectivity index (χ3v) is 4.77. The zero-order valence-corrected chi connectivity index (χ0v) is 15.3. The van der Waals surface area contributed by atoms with Crippen LogP contribution in [0.1, 0.15) is 21.5 Å². The Labute approximate surface area is 157 Å². The van der Waals surface area contributed by atoms with Crippen molar-refractivity contribution >= 4 is 56.8 Å². The summed E-state index contributed by atoms with van der Waals surface area (Å²) in [4.78, 5) is 35.1. The average Bonchev–Trinajstić information content (AvgIpc) is 2.92. The number of benzene rings is 2. The smallest absolute Gasteiger partial charge is 0.289 e. The number of nitrogens with one attached hydrogen (secondary N) is 1. The topological polar surface area (TPSA) is 63.2 Å². The molecule has 1 N–H and O–H groups in total. The van der Waals surface area contributed by atoms with Crippen LogP contribution in [0.4, 0.5) is 4.79 Å². The van der Waals surface area contributed by atoms with E-state index in [1.807, 2.05) is 36.4 Å². The van der Waals surface area contributed by atoms with E-state index in [0.717, 1.165) is 27.4 Å². The van der Waals surface area contributed by atoms with Crippen molar-refractivity contribution in [3.63, 3.8) is 0 Å². The molecule has 3 rings (SSSR count). The van der Waals surface area contributed by atoms with Crippen LogP contribution in [-0.2, 0) is 4.79 Å². The first-order chi connectivity index (χ1) is 12.0. The van der Waals surface area contributed by atoms with Gasteiger partial charge in [-0.1, -0.05) is 46.3 Å². The van der Waals surface area contributed by atoms with Crippen molar-refractivity contribution < 1.29 is 14.4 Å². The number of imide groups is 1. The van der Waals surface area contributed by atoms with Crippen LogP contribution >= 0.6 is 27.7 Å². The van der Waals surface area contributed by atoms with E-state index in [4.69, 9.17) is 0 Å². The number of halogens is 1. The van der Waals surface area contributed by atoms with E-state index in [1.54, 1.807) is 24.3 Å². The molecule has 2 aromatic carbocycles. The molecule has 6 heteroatoms. The molecule has 4 nitrogen and oxygen atoms in total. The fourth-order valence-electron chi connectivity index (χ4n) is 2.16. The van der Waals surface area contributed by atoms with E-state index in [2.05, 4.69) is 21.2 Å². The quantitative estimate of drug-likeness (QED) is 0.584. The number of amides is 2. The highest BCUT2D eigenvalue weighted by Gasteiger charge is 2.24. The number of carbonyl (C=O) groups is 3. The Morgan fingerprint density at radius 1 is 0.960 bits per heavy atom. The van der Waals surface area contributed by atoms with Crippen LogP contribution in [0, 0.1) is 0 Å². The van der Waals surface area contributed by atoms with Crippen molar-refractivity contribution in [1.82, 2.24) is 5.32 Å². The molecule has 0 atom stereocenters. The molecule has 0 unspecified atom stereocenters. The SMILES string of the molecule is O=C1NC(=O)C(=Cc2ccc(C=CC(=O)c3ccc(Br)cc3)cc2)S1. The maximum Gasteiger partial charge on any atom is 0.290 e. The van der Waals surface area contributed by atoms with E-state index < -0.39 is 0 Å². The van der Waals surface area contributed by atoms with Crippen LogP contribution in [0.3, 0.4) is 0 Å². The molecule has 124 valence electrons. The zero-order valence-electron chi connectivity index (χ0n) is 12.9. The molecular formula is C19H12BrNO3S. The van der Waals surface area contributed by atoms with Crippen molar-refractivity contribution in [2.75, 3.05) is 0 Å². The second-order valence-corrected chi connectivity index (χ2v) is 7.15. The van der Waals surface area contributed by atoms with Crippen LogP contribution in [-0.4, -0.2) is 16.9 Å². The first-order valence-corrected chi connectivity index (χ1v) is 8.95. The Morgan fingerprint density at radius 2 is 1.60 bits per heavy atom. The van der Waals surface area contributed by atoms with Crippen molar-refractivity contribution in [3.8, 4) is 0 Å². The van der Waals surface area contributed by atoms with Crippen LogP contribution < -0.4 is 5.32 Å². The van der Waals surface area contributed by atoms with Gasteiger partial charge in [-0.25, -0.2) is 0 Å². The molecule has 1 fully saturated rings. The summed E-state index contributed by atoms with van der Waals surface area (Å²) in [6.07, 6.45) is 4.92. The number of rotatable bonds is 4. The van der Waals surface area contributed by atoms with E-state index in [9.17, 15) is 14.4 Å². The second kappa shape index (κ2) is 7.63. The minimum Gasteiger partial charge on any atom is -0.289 e. The van der Waals surface area contributed by atoms with Crippen LogP contribution in [0.5, 0.6) is 0 Å². The Hall–Kier alpha value is -2.44. The van der Waals surface area contributed by atoms with E-state index in [-0.39, 0.29) is 16.9 Å². The summed E-state index contributed by atoms with van der Waals surface area (Å²) < 4.78 is 0.925. The average molecular weight is 414 g/mol. The summed E-state index contributed by atoms with van der Waals surface area (Å²) >= 11 is 4.22. The minimum atomic E-state index is -0.376. The van der Waals surface area contributed by atoms with Crippen molar-refractivity contribution in [2.24, 2.45) is 0 Å². The molecule has 0 bridgehead atoms. The van der Waals surface area contributed by atoms with Gasteiger partial charge in [-0.2, -0.15) is 0 Å². The molecule has 0 aliphatic carbocycles. The largest absolute Gasteiger partial charge is 0.290 e. The maximum absolute atomic E-state index is 12.1. The molecule has 0 saturated carbocycles. The lowest BCUT2D eigenvalue weighted by Gasteiger charge is -1.98. The lowest BCUT2D eigenvalue weighted by atomic mass is 10.1. The Morgan fingerprint density at radius 3 is 2.20 bits per heavy atom. The predicted molar refractivity (Wildman–Crippen MR) is 103 cm³/mol. The molecular weight excluding hydrogens is 402 g/mol. The first kappa shape index (κ1) is 17.4. The fraction of sp³-hybridized carbons (Fsp3) is 0. The number of hydrogen-bond donors (Lipinski definition) is 1. The van der Waals surface area contributed by atoms with Gasteiger partial charge in [0, 0.05) is 10.0 Å². The summed E-state index contributed by atoms with van der Waals surface area (Å²) in [6, 6.07) is 14.5. The van der Waals surface area contributed by atoms with Gasteiger partial charge in [0.25, 0.3) is 11.1 Å². The van der Waals surface area contributed by atoms with Gasteiger partial charge >= 0.3 is 0 Å². The first-order valence-electron chi connectivity index (χ1n) is 7.34. The molecule has 0 aromatic heterocycles. The van der Waals surface area contributed by atoms with Crippen molar-refractivity contribution in [3.05, 3.63) is 80.7 Å². The molecule has 0 radical (unpaired) electrons. The summed E-state index contributed by atoms with van der Waals surface area (Å²) in [5.41, 5.74) is 2.30. The minimum absolute atomic E-state index is 0.0729. The predicted octanol–water partition coefficient (Wildman–Crippen LogP) is 4.67. The Kier molecular flexibility index (Phi) is 5.31. The van der Waals surface area contributed by atoms with Crippen LogP contribution in [0.2, 0.25) is 0 Å². The molecule has 1 aliphatic heterocycles. The third kappa shape index (κ3) is 4.55. The summed E-state index contributed by atoms with van der Waals surface area (Å²) in [6.45, 7) is 0. The molecule has 2 aromatic rings. The zero-order chi connectivity index (χ0) is 17.8. The standard InChI is InChI=1S/C19H12BrNO3S/c20-15-8-6-14(7-9-15)16(22)10-5-12-1-3-13(4-2-12)11-17-18(23)21-19(24)25-17/h1-11H,(H,21,23,24). The molecule has 1 heterocycles. The summed E-state index contributed by atoms with van der Waals surface area (Å²) in [5.74, 6) is -0.449. The summed E-state index contributed by atoms with van der Waals surface area (Å²) in [7, 11) is 0. The molecule has 1 saturated heterocycles. The number of hydrogen-bond acceptors (Lipinski definition) is 4. The molecule has 2 amide bonds. The lowest BCUT2D eigenvalue weighted by Crippen LogP contribution is -2.17. The van der Waals surface area contributed by atoms with Crippen LogP contribution in [0.15, 0.2) is 64.0 Å².